The fourth-order valence-corrected chi connectivity index (χ4v) is 4.27. The van der Waals surface area contributed by atoms with Crippen LogP contribution in [0.4, 0.5) is 20.2 Å². The van der Waals surface area contributed by atoms with Crippen molar-refractivity contribution in [3.8, 4) is 17.0 Å². The van der Waals surface area contributed by atoms with Gasteiger partial charge in [-0.25, -0.2) is 0 Å². The maximum absolute atomic E-state index is 13.2. The number of anilines is 2. The molecule has 2 heterocycles. The Morgan fingerprint density at radius 1 is 1.24 bits per heavy atom. The van der Waals surface area contributed by atoms with E-state index in [1.807, 2.05) is 18.2 Å². The van der Waals surface area contributed by atoms with E-state index in [1.54, 1.807) is 6.20 Å². The molecule has 6 nitrogen and oxygen atoms in total. The fourth-order valence-electron chi connectivity index (χ4n) is 4.18. The number of nitrogens with zero attached hydrogens (tertiary/aromatic N) is 2. The smallest absolute Gasteiger partial charge is 0.420 e. The predicted molar refractivity (Wildman–Crippen MR) is 125 cm³/mol. The molecule has 0 fully saturated rings. The third kappa shape index (κ3) is 4.80. The van der Waals surface area contributed by atoms with Crippen LogP contribution < -0.4 is 15.0 Å². The summed E-state index contributed by atoms with van der Waals surface area (Å²) in [4.78, 5) is 15.5. The summed E-state index contributed by atoms with van der Waals surface area (Å²) >= 11 is 4.79. The van der Waals surface area contributed by atoms with Crippen LogP contribution in [0.2, 0.25) is 0 Å². The lowest BCUT2D eigenvalue weighted by molar-refractivity contribution is -0.0964. The van der Waals surface area contributed by atoms with Crippen LogP contribution in [0.15, 0.2) is 48.7 Å². The molecule has 0 aliphatic carbocycles. The fraction of sp³-hybridized carbons (Fsp3) is 0.333. The van der Waals surface area contributed by atoms with Crippen molar-refractivity contribution in [1.29, 1.82) is 0 Å². The first-order chi connectivity index (χ1) is 15.4. The summed E-state index contributed by atoms with van der Waals surface area (Å²) in [6.07, 6.45) is 1.68. The lowest BCUT2D eigenvalue weighted by Gasteiger charge is -2.27. The van der Waals surface area contributed by atoms with E-state index < -0.39 is 5.57 Å². The molecule has 0 saturated carbocycles. The summed E-state index contributed by atoms with van der Waals surface area (Å²) in [5.41, 5.74) is 0.892. The van der Waals surface area contributed by atoms with Crippen LogP contribution in [0, 0.1) is 0 Å². The number of fused-ring (bicyclic) bond motifs is 1. The Morgan fingerprint density at radius 2 is 1.94 bits per heavy atom. The maximum Gasteiger partial charge on any atom is 0.487 e. The van der Waals surface area contributed by atoms with Crippen molar-refractivity contribution in [2.24, 2.45) is 0 Å². The molecule has 174 valence electrons. The van der Waals surface area contributed by atoms with Crippen LogP contribution in [0.1, 0.15) is 43.6 Å². The number of halogens is 3. The minimum absolute atomic E-state index is 0.109. The zero-order valence-electron chi connectivity index (χ0n) is 18.7. The van der Waals surface area contributed by atoms with Crippen molar-refractivity contribution in [3.63, 3.8) is 0 Å². The van der Waals surface area contributed by atoms with E-state index in [0.29, 0.717) is 11.3 Å². The highest BCUT2D eigenvalue weighted by molar-refractivity contribution is 6.20. The molecule has 0 spiro atoms. The molecule has 0 atom stereocenters. The Hall–Kier alpha value is -3.13. The summed E-state index contributed by atoms with van der Waals surface area (Å²) in [5.74, 6) is -0.420. The van der Waals surface area contributed by atoms with Crippen LogP contribution >= 0.6 is 11.6 Å². The first kappa shape index (κ1) is 23.0. The van der Waals surface area contributed by atoms with Gasteiger partial charge in [0.15, 0.2) is 0 Å². The lowest BCUT2D eigenvalue weighted by Crippen LogP contribution is -2.33. The SMILES string of the molecule is CC(C)N1CC(C)(C)c2cc(C(=O)Nc3ccc(OC(F)(F)Cl)cc3)cc(-c3ccn[nH]3)c21. The quantitative estimate of drug-likeness (QED) is 0.430. The highest BCUT2D eigenvalue weighted by atomic mass is 35.5. The number of rotatable bonds is 6. The van der Waals surface area contributed by atoms with Crippen molar-refractivity contribution < 1.29 is 18.3 Å². The van der Waals surface area contributed by atoms with Gasteiger partial charge in [0.1, 0.15) is 5.75 Å². The molecule has 33 heavy (non-hydrogen) atoms. The van der Waals surface area contributed by atoms with Crippen LogP contribution in [0.25, 0.3) is 11.3 Å². The van der Waals surface area contributed by atoms with E-state index in [0.717, 1.165) is 29.1 Å². The minimum Gasteiger partial charge on any atom is -0.420 e. The Kier molecular flexibility index (Phi) is 5.82. The summed E-state index contributed by atoms with van der Waals surface area (Å²) in [7, 11) is 0. The number of aromatic amines is 1. The summed E-state index contributed by atoms with van der Waals surface area (Å²) < 4.78 is 29.9. The minimum atomic E-state index is -3.80. The molecular weight excluding hydrogens is 450 g/mol. The number of aromatic nitrogens is 2. The number of benzene rings is 2. The van der Waals surface area contributed by atoms with Gasteiger partial charge in [0.2, 0.25) is 0 Å². The second-order valence-corrected chi connectivity index (χ2v) is 9.46. The Labute approximate surface area is 195 Å². The van der Waals surface area contributed by atoms with Crippen LogP contribution in [-0.2, 0) is 5.41 Å². The molecule has 2 aromatic carbocycles. The summed E-state index contributed by atoms with van der Waals surface area (Å²) in [6, 6.07) is 11.5. The number of alkyl halides is 3. The molecule has 2 N–H and O–H groups in total. The van der Waals surface area contributed by atoms with Gasteiger partial charge in [0.25, 0.3) is 5.91 Å². The van der Waals surface area contributed by atoms with Gasteiger partial charge in [0, 0.05) is 52.6 Å². The van der Waals surface area contributed by atoms with Gasteiger partial charge in [0.05, 0.1) is 11.4 Å². The number of hydrogen-bond donors (Lipinski definition) is 2. The van der Waals surface area contributed by atoms with Gasteiger partial charge < -0.3 is 15.0 Å². The van der Waals surface area contributed by atoms with E-state index in [2.05, 4.69) is 52.8 Å². The van der Waals surface area contributed by atoms with Gasteiger partial charge in [-0.1, -0.05) is 13.8 Å². The topological polar surface area (TPSA) is 70.2 Å². The van der Waals surface area contributed by atoms with E-state index in [4.69, 9.17) is 11.6 Å². The summed E-state index contributed by atoms with van der Waals surface area (Å²) in [5, 5.41) is 9.92. The standard InChI is InChI=1S/C24H25ClF2N4O2/c1-14(2)31-13-23(3,4)19-12-15(11-18(21(19)31)20-9-10-28-30-20)22(32)29-16-5-7-17(8-6-16)33-24(25,26)27/h5-12,14H,13H2,1-4H3,(H,28,30)(H,29,32). The number of nitrogens with one attached hydrogen (secondary N) is 2. The third-order valence-electron chi connectivity index (χ3n) is 5.71. The number of hydrogen-bond acceptors (Lipinski definition) is 4. The Balaban J connectivity index is 1.69. The highest BCUT2D eigenvalue weighted by Gasteiger charge is 2.39. The molecule has 0 unspecified atom stereocenters. The second-order valence-electron chi connectivity index (χ2n) is 9.02. The van der Waals surface area contributed by atoms with E-state index >= 15 is 0 Å². The lowest BCUT2D eigenvalue weighted by atomic mass is 9.84. The van der Waals surface area contributed by atoms with Crippen LogP contribution in [0.3, 0.4) is 0 Å². The summed E-state index contributed by atoms with van der Waals surface area (Å²) in [6.45, 7) is 9.46. The van der Waals surface area contributed by atoms with Crippen molar-refractivity contribution in [2.45, 2.75) is 44.7 Å². The van der Waals surface area contributed by atoms with Crippen molar-refractivity contribution >= 4 is 28.9 Å². The van der Waals surface area contributed by atoms with Gasteiger partial charge in [-0.05, 0) is 61.9 Å². The van der Waals surface area contributed by atoms with E-state index in [-0.39, 0.29) is 23.1 Å². The molecule has 1 aliphatic heterocycles. The van der Waals surface area contributed by atoms with E-state index in [1.165, 1.54) is 24.3 Å². The predicted octanol–water partition coefficient (Wildman–Crippen LogP) is 6.00. The number of ether oxygens (including phenoxy) is 1. The zero-order chi connectivity index (χ0) is 24.0. The second kappa shape index (κ2) is 8.33. The number of H-pyrrole nitrogens is 1. The van der Waals surface area contributed by atoms with Gasteiger partial charge in [-0.2, -0.15) is 5.10 Å². The van der Waals surface area contributed by atoms with Crippen molar-refractivity contribution in [3.05, 3.63) is 59.8 Å². The number of carbonyl (C=O) groups is 1. The third-order valence-corrected chi connectivity index (χ3v) is 5.79. The average molecular weight is 475 g/mol. The van der Waals surface area contributed by atoms with Gasteiger partial charge in [-0.3, -0.25) is 9.89 Å². The zero-order valence-corrected chi connectivity index (χ0v) is 19.5. The van der Waals surface area contributed by atoms with Gasteiger partial charge in [-0.15, -0.1) is 8.78 Å². The molecule has 9 heteroatoms. The molecule has 1 aliphatic rings. The van der Waals surface area contributed by atoms with E-state index in [9.17, 15) is 13.6 Å². The average Bonchev–Trinajstić information content (AvgIpc) is 3.34. The molecule has 0 bridgehead atoms. The molecular formula is C24H25ClF2N4O2. The Bertz CT molecular complexity index is 1160. The molecule has 1 aromatic heterocycles. The first-order valence-corrected chi connectivity index (χ1v) is 10.9. The Morgan fingerprint density at radius 3 is 2.52 bits per heavy atom. The molecule has 1 amide bonds. The maximum atomic E-state index is 13.2. The number of amides is 1. The molecule has 0 radical (unpaired) electrons. The normalized spacial score (nSPS) is 15.0. The monoisotopic (exact) mass is 474 g/mol. The molecule has 3 aromatic rings. The largest absolute Gasteiger partial charge is 0.487 e. The van der Waals surface area contributed by atoms with Gasteiger partial charge >= 0.3 is 5.57 Å². The van der Waals surface area contributed by atoms with Crippen LogP contribution in [0.5, 0.6) is 5.75 Å². The van der Waals surface area contributed by atoms with Crippen molar-refractivity contribution in [2.75, 3.05) is 16.8 Å². The highest BCUT2D eigenvalue weighted by Crippen LogP contribution is 2.47. The molecule has 0 saturated heterocycles. The van der Waals surface area contributed by atoms with Crippen LogP contribution in [-0.4, -0.2) is 34.3 Å². The van der Waals surface area contributed by atoms with Crippen molar-refractivity contribution in [1.82, 2.24) is 10.2 Å². The molecule has 4 rings (SSSR count). The first-order valence-electron chi connectivity index (χ1n) is 10.6. The number of carbonyl (C=O) groups excluding carboxylic acids is 1.